The highest BCUT2D eigenvalue weighted by molar-refractivity contribution is 5.81. The van der Waals surface area contributed by atoms with E-state index in [0.717, 1.165) is 31.8 Å². The fourth-order valence-corrected chi connectivity index (χ4v) is 3.49. The molecule has 0 unspecified atom stereocenters. The van der Waals surface area contributed by atoms with Gasteiger partial charge in [0.05, 0.1) is 13.2 Å². The monoisotopic (exact) mass is 353 g/mol. The van der Waals surface area contributed by atoms with Crippen molar-refractivity contribution in [2.24, 2.45) is 0 Å². The highest BCUT2D eigenvalue weighted by Crippen LogP contribution is 2.21. The van der Waals surface area contributed by atoms with Crippen molar-refractivity contribution in [3.05, 3.63) is 65.7 Å². The SMILES string of the molecule is CNC(=O)[C@@H]1C[C@@H](NCc2ccc(OC)cc2)CN1Cc1ccccc1. The number of rotatable bonds is 7. The Morgan fingerprint density at radius 1 is 1.12 bits per heavy atom. The lowest BCUT2D eigenvalue weighted by atomic mass is 10.1. The lowest BCUT2D eigenvalue weighted by Gasteiger charge is -2.22. The van der Waals surface area contributed by atoms with E-state index in [1.54, 1.807) is 14.2 Å². The molecule has 0 saturated carbocycles. The van der Waals surface area contributed by atoms with Crippen LogP contribution in [0.2, 0.25) is 0 Å². The summed E-state index contributed by atoms with van der Waals surface area (Å²) in [7, 11) is 3.38. The fraction of sp³-hybridized carbons (Fsp3) is 0.381. The van der Waals surface area contributed by atoms with Crippen LogP contribution in [-0.4, -0.2) is 43.6 Å². The molecule has 0 radical (unpaired) electrons. The van der Waals surface area contributed by atoms with Crippen LogP contribution in [-0.2, 0) is 17.9 Å². The molecule has 1 aliphatic heterocycles. The number of amides is 1. The summed E-state index contributed by atoms with van der Waals surface area (Å²) in [5.41, 5.74) is 2.45. The molecule has 2 aromatic rings. The van der Waals surface area contributed by atoms with E-state index in [2.05, 4.69) is 39.8 Å². The predicted octanol–water partition coefficient (Wildman–Crippen LogP) is 2.17. The molecule has 0 aromatic heterocycles. The number of carbonyl (C=O) groups is 1. The van der Waals surface area contributed by atoms with Crippen molar-refractivity contribution in [1.82, 2.24) is 15.5 Å². The van der Waals surface area contributed by atoms with Crippen LogP contribution in [0.5, 0.6) is 5.75 Å². The van der Waals surface area contributed by atoms with Gasteiger partial charge in [0.15, 0.2) is 0 Å². The van der Waals surface area contributed by atoms with Gasteiger partial charge in [0, 0.05) is 32.7 Å². The normalized spacial score (nSPS) is 20.1. The number of benzene rings is 2. The summed E-state index contributed by atoms with van der Waals surface area (Å²) in [6, 6.07) is 18.6. The molecule has 2 N–H and O–H groups in total. The zero-order chi connectivity index (χ0) is 18.4. The molecule has 2 aromatic carbocycles. The van der Waals surface area contributed by atoms with E-state index in [-0.39, 0.29) is 11.9 Å². The Bertz CT molecular complexity index is 703. The number of hydrogen-bond donors (Lipinski definition) is 2. The molecule has 1 aliphatic rings. The summed E-state index contributed by atoms with van der Waals surface area (Å²) < 4.78 is 5.20. The number of hydrogen-bond acceptors (Lipinski definition) is 4. The Labute approximate surface area is 155 Å². The van der Waals surface area contributed by atoms with Crippen molar-refractivity contribution in [3.63, 3.8) is 0 Å². The smallest absolute Gasteiger partial charge is 0.237 e. The van der Waals surface area contributed by atoms with Crippen LogP contribution in [0.4, 0.5) is 0 Å². The first-order valence-electron chi connectivity index (χ1n) is 9.05. The van der Waals surface area contributed by atoms with Crippen LogP contribution < -0.4 is 15.4 Å². The van der Waals surface area contributed by atoms with E-state index in [0.29, 0.717) is 6.04 Å². The van der Waals surface area contributed by atoms with Crippen LogP contribution in [0.1, 0.15) is 17.5 Å². The predicted molar refractivity (Wildman–Crippen MR) is 103 cm³/mol. The Hall–Kier alpha value is -2.37. The minimum Gasteiger partial charge on any atom is -0.497 e. The number of nitrogens with zero attached hydrogens (tertiary/aromatic N) is 1. The average Bonchev–Trinajstić information content (AvgIpc) is 3.09. The van der Waals surface area contributed by atoms with Gasteiger partial charge in [-0.3, -0.25) is 9.69 Å². The first-order valence-corrected chi connectivity index (χ1v) is 9.05. The third-order valence-corrected chi connectivity index (χ3v) is 4.93. The number of likely N-dealkylation sites (tertiary alicyclic amines) is 1. The molecule has 3 rings (SSSR count). The van der Waals surface area contributed by atoms with Gasteiger partial charge < -0.3 is 15.4 Å². The Kier molecular flexibility index (Phi) is 6.26. The number of nitrogens with one attached hydrogen (secondary N) is 2. The van der Waals surface area contributed by atoms with Crippen LogP contribution in [0.3, 0.4) is 0 Å². The molecule has 26 heavy (non-hydrogen) atoms. The molecule has 5 nitrogen and oxygen atoms in total. The average molecular weight is 353 g/mol. The van der Waals surface area contributed by atoms with Crippen LogP contribution in [0.15, 0.2) is 54.6 Å². The fourth-order valence-electron chi connectivity index (χ4n) is 3.49. The minimum absolute atomic E-state index is 0.0893. The molecule has 0 bridgehead atoms. The van der Waals surface area contributed by atoms with Gasteiger partial charge in [0.2, 0.25) is 5.91 Å². The zero-order valence-corrected chi connectivity index (χ0v) is 15.4. The zero-order valence-electron chi connectivity index (χ0n) is 15.4. The summed E-state index contributed by atoms with van der Waals surface area (Å²) in [5, 5.41) is 6.41. The van der Waals surface area contributed by atoms with E-state index in [4.69, 9.17) is 4.74 Å². The van der Waals surface area contributed by atoms with Crippen molar-refractivity contribution >= 4 is 5.91 Å². The number of methoxy groups -OCH3 is 1. The first kappa shape index (κ1) is 18.4. The van der Waals surface area contributed by atoms with Crippen molar-refractivity contribution in [1.29, 1.82) is 0 Å². The lowest BCUT2D eigenvalue weighted by molar-refractivity contribution is -0.125. The molecule has 138 valence electrons. The Morgan fingerprint density at radius 2 is 1.85 bits per heavy atom. The quantitative estimate of drug-likeness (QED) is 0.801. The second kappa shape index (κ2) is 8.83. The molecule has 0 aliphatic carbocycles. The topological polar surface area (TPSA) is 53.6 Å². The second-order valence-electron chi connectivity index (χ2n) is 6.71. The number of carbonyl (C=O) groups excluding carboxylic acids is 1. The number of likely N-dealkylation sites (N-methyl/N-ethyl adjacent to an activating group) is 1. The van der Waals surface area contributed by atoms with E-state index < -0.39 is 0 Å². The Morgan fingerprint density at radius 3 is 2.50 bits per heavy atom. The number of ether oxygens (including phenoxy) is 1. The largest absolute Gasteiger partial charge is 0.497 e. The Balaban J connectivity index is 1.60. The molecule has 5 heteroatoms. The molecule has 1 amide bonds. The van der Waals surface area contributed by atoms with Gasteiger partial charge in [-0.15, -0.1) is 0 Å². The van der Waals surface area contributed by atoms with Crippen molar-refractivity contribution in [2.45, 2.75) is 31.6 Å². The molecule has 2 atom stereocenters. The molecule has 1 heterocycles. The van der Waals surface area contributed by atoms with Crippen LogP contribution in [0.25, 0.3) is 0 Å². The minimum atomic E-state index is -0.0893. The van der Waals surface area contributed by atoms with Gasteiger partial charge in [-0.2, -0.15) is 0 Å². The summed E-state index contributed by atoms with van der Waals surface area (Å²) in [6.45, 7) is 2.44. The van der Waals surface area contributed by atoms with E-state index >= 15 is 0 Å². The molecular weight excluding hydrogens is 326 g/mol. The summed E-state index contributed by atoms with van der Waals surface area (Å²) >= 11 is 0. The second-order valence-corrected chi connectivity index (χ2v) is 6.71. The first-order chi connectivity index (χ1) is 12.7. The molecular formula is C21H27N3O2. The maximum atomic E-state index is 12.3. The molecule has 0 spiro atoms. The van der Waals surface area contributed by atoms with Gasteiger partial charge in [0.1, 0.15) is 5.75 Å². The van der Waals surface area contributed by atoms with Crippen LogP contribution in [0, 0.1) is 0 Å². The van der Waals surface area contributed by atoms with Gasteiger partial charge in [-0.05, 0) is 29.7 Å². The van der Waals surface area contributed by atoms with Crippen LogP contribution >= 0.6 is 0 Å². The third kappa shape index (κ3) is 4.62. The van der Waals surface area contributed by atoms with E-state index in [1.807, 2.05) is 30.3 Å². The van der Waals surface area contributed by atoms with Crippen molar-refractivity contribution in [2.75, 3.05) is 20.7 Å². The maximum absolute atomic E-state index is 12.3. The van der Waals surface area contributed by atoms with Gasteiger partial charge in [0.25, 0.3) is 0 Å². The van der Waals surface area contributed by atoms with Gasteiger partial charge in [-0.1, -0.05) is 42.5 Å². The van der Waals surface area contributed by atoms with Crippen molar-refractivity contribution in [3.8, 4) is 5.75 Å². The highest BCUT2D eigenvalue weighted by atomic mass is 16.5. The summed E-state index contributed by atoms with van der Waals surface area (Å²) in [5.74, 6) is 0.956. The van der Waals surface area contributed by atoms with E-state index in [1.165, 1.54) is 11.1 Å². The molecule has 1 fully saturated rings. The van der Waals surface area contributed by atoms with E-state index in [9.17, 15) is 4.79 Å². The third-order valence-electron chi connectivity index (χ3n) is 4.93. The summed E-state index contributed by atoms with van der Waals surface area (Å²) in [4.78, 5) is 14.6. The van der Waals surface area contributed by atoms with Gasteiger partial charge >= 0.3 is 0 Å². The maximum Gasteiger partial charge on any atom is 0.237 e. The molecule has 1 saturated heterocycles. The van der Waals surface area contributed by atoms with Crippen molar-refractivity contribution < 1.29 is 9.53 Å². The van der Waals surface area contributed by atoms with Gasteiger partial charge in [-0.25, -0.2) is 0 Å². The lowest BCUT2D eigenvalue weighted by Crippen LogP contribution is -2.41. The highest BCUT2D eigenvalue weighted by Gasteiger charge is 2.35. The summed E-state index contributed by atoms with van der Waals surface area (Å²) in [6.07, 6.45) is 0.822. The standard InChI is InChI=1S/C21H27N3O2/c1-22-21(25)20-12-18(15-24(20)14-17-6-4-3-5-7-17)23-13-16-8-10-19(26-2)11-9-16/h3-11,18,20,23H,12-15H2,1-2H3,(H,22,25)/t18-,20+/m1/s1.